The van der Waals surface area contributed by atoms with Crippen molar-refractivity contribution in [3.8, 4) is 17.6 Å². The summed E-state index contributed by atoms with van der Waals surface area (Å²) in [6.45, 7) is 1.51. The fourth-order valence-electron chi connectivity index (χ4n) is 3.14. The van der Waals surface area contributed by atoms with E-state index >= 15 is 0 Å². The van der Waals surface area contributed by atoms with Gasteiger partial charge in [0.25, 0.3) is 5.91 Å². The van der Waals surface area contributed by atoms with Gasteiger partial charge in [0.05, 0.1) is 0 Å². The van der Waals surface area contributed by atoms with Crippen LogP contribution in [0.4, 0.5) is 4.39 Å². The lowest BCUT2D eigenvalue weighted by molar-refractivity contribution is -0.136. The minimum absolute atomic E-state index is 0.0625. The average Bonchev–Trinajstić information content (AvgIpc) is 3.16. The Morgan fingerprint density at radius 2 is 1.81 bits per heavy atom. The largest absolute Gasteiger partial charge is 0.473 e. The Balaban J connectivity index is 1.56. The van der Waals surface area contributed by atoms with E-state index in [9.17, 15) is 9.18 Å². The van der Waals surface area contributed by atoms with Gasteiger partial charge >= 0.3 is 6.08 Å². The molecule has 158 valence electrons. The predicted octanol–water partition coefficient (Wildman–Crippen LogP) is 5.45. The molecule has 1 amide bonds. The van der Waals surface area contributed by atoms with Crippen LogP contribution < -0.4 is 14.8 Å². The van der Waals surface area contributed by atoms with Crippen LogP contribution in [-0.2, 0) is 10.4 Å². The minimum atomic E-state index is -1.57. The Morgan fingerprint density at radius 1 is 1.10 bits per heavy atom. The second-order valence-corrected chi connectivity index (χ2v) is 7.30. The van der Waals surface area contributed by atoms with Crippen LogP contribution in [0, 0.1) is 5.82 Å². The maximum Gasteiger partial charge on any atom is 0.400 e. The van der Waals surface area contributed by atoms with Gasteiger partial charge in [-0.1, -0.05) is 29.8 Å². The highest BCUT2D eigenvalue weighted by Crippen LogP contribution is 2.32. The summed E-state index contributed by atoms with van der Waals surface area (Å²) in [5.41, 5.74) is -0.318. The number of carbonyl (C=O) groups excluding carboxylic acids is 1. The first kappa shape index (κ1) is 20.7. The van der Waals surface area contributed by atoms with E-state index in [0.717, 1.165) is 0 Å². The van der Waals surface area contributed by atoms with E-state index in [-0.39, 0.29) is 11.6 Å². The van der Waals surface area contributed by atoms with Crippen LogP contribution in [0.25, 0.3) is 11.1 Å². The number of aromatic nitrogens is 1. The number of benzene rings is 3. The van der Waals surface area contributed by atoms with Crippen molar-refractivity contribution in [3.05, 3.63) is 83.1 Å². The minimum Gasteiger partial charge on any atom is -0.473 e. The Morgan fingerprint density at radius 3 is 2.52 bits per heavy atom. The first-order chi connectivity index (χ1) is 14.9. The van der Waals surface area contributed by atoms with Crippen molar-refractivity contribution in [3.63, 3.8) is 0 Å². The van der Waals surface area contributed by atoms with E-state index in [1.165, 1.54) is 26.1 Å². The molecule has 4 aromatic rings. The summed E-state index contributed by atoms with van der Waals surface area (Å²) in [6.07, 6.45) is 0.0625. The maximum atomic E-state index is 14.4. The Bertz CT molecular complexity index is 1240. The topological polar surface area (TPSA) is 73.6 Å². The number of carbonyl (C=O) groups is 1. The van der Waals surface area contributed by atoms with Gasteiger partial charge in [-0.25, -0.2) is 4.39 Å². The Kier molecular flexibility index (Phi) is 5.52. The number of hydrogen-bond acceptors (Lipinski definition) is 5. The van der Waals surface area contributed by atoms with Crippen LogP contribution in [-0.4, -0.2) is 17.9 Å². The number of nitrogens with one attached hydrogen (secondary N) is 1. The third kappa shape index (κ3) is 4.18. The van der Waals surface area contributed by atoms with Crippen molar-refractivity contribution < 1.29 is 23.1 Å². The van der Waals surface area contributed by atoms with E-state index in [1.54, 1.807) is 54.6 Å². The zero-order valence-corrected chi connectivity index (χ0v) is 17.4. The first-order valence-electron chi connectivity index (χ1n) is 9.39. The van der Waals surface area contributed by atoms with Crippen molar-refractivity contribution in [2.24, 2.45) is 0 Å². The van der Waals surface area contributed by atoms with Crippen molar-refractivity contribution in [2.75, 3.05) is 7.05 Å². The zero-order chi connectivity index (χ0) is 22.0. The van der Waals surface area contributed by atoms with Gasteiger partial charge in [0.2, 0.25) is 5.60 Å². The first-order valence-corrected chi connectivity index (χ1v) is 9.77. The predicted molar refractivity (Wildman–Crippen MR) is 114 cm³/mol. The number of amides is 1. The van der Waals surface area contributed by atoms with Crippen LogP contribution in [0.2, 0.25) is 5.02 Å². The number of ether oxygens (including phenoxy) is 2. The van der Waals surface area contributed by atoms with Crippen LogP contribution in [0.15, 0.2) is 71.1 Å². The van der Waals surface area contributed by atoms with Crippen LogP contribution >= 0.6 is 11.6 Å². The molecule has 0 aliphatic heterocycles. The summed E-state index contributed by atoms with van der Waals surface area (Å²) in [6, 6.07) is 17.6. The van der Waals surface area contributed by atoms with Gasteiger partial charge in [-0.15, -0.1) is 0 Å². The molecule has 0 aliphatic carbocycles. The number of likely N-dealkylation sites (N-methyl/N-ethyl adjacent to an activating group) is 1. The quantitative estimate of drug-likeness (QED) is 0.431. The highest BCUT2D eigenvalue weighted by molar-refractivity contribution is 6.31. The molecule has 1 atom stereocenters. The van der Waals surface area contributed by atoms with Gasteiger partial charge in [0.15, 0.2) is 5.58 Å². The van der Waals surface area contributed by atoms with Gasteiger partial charge in [-0.2, -0.15) is 4.98 Å². The molecule has 1 N–H and O–H groups in total. The van der Waals surface area contributed by atoms with E-state index in [4.69, 9.17) is 25.5 Å². The summed E-state index contributed by atoms with van der Waals surface area (Å²) in [5.74, 6) is -0.226. The van der Waals surface area contributed by atoms with Gasteiger partial charge in [0, 0.05) is 23.7 Å². The normalized spacial score (nSPS) is 12.9. The molecule has 6 nitrogen and oxygen atoms in total. The zero-order valence-electron chi connectivity index (χ0n) is 16.7. The van der Waals surface area contributed by atoms with E-state index in [2.05, 4.69) is 10.3 Å². The summed E-state index contributed by atoms with van der Waals surface area (Å²) >= 11 is 5.95. The lowest BCUT2D eigenvalue weighted by atomic mass is 9.94. The summed E-state index contributed by atoms with van der Waals surface area (Å²) in [4.78, 5) is 16.8. The molecule has 0 bridgehead atoms. The van der Waals surface area contributed by atoms with Crippen LogP contribution in [0.3, 0.4) is 0 Å². The molecule has 4 rings (SSSR count). The Labute approximate surface area is 182 Å². The van der Waals surface area contributed by atoms with Gasteiger partial charge in [-0.05, 0) is 49.4 Å². The monoisotopic (exact) mass is 440 g/mol. The Hall–Kier alpha value is -3.58. The van der Waals surface area contributed by atoms with E-state index in [0.29, 0.717) is 27.6 Å². The molecule has 0 radical (unpaired) electrons. The molecule has 0 spiro atoms. The number of halogens is 2. The molecular formula is C23H18ClFN2O4. The number of oxazole rings is 1. The number of fused-ring (bicyclic) bond motifs is 1. The molecule has 3 aromatic carbocycles. The van der Waals surface area contributed by atoms with E-state index in [1.807, 2.05) is 0 Å². The second-order valence-electron chi connectivity index (χ2n) is 6.86. The molecule has 1 aromatic heterocycles. The molecule has 0 unspecified atom stereocenters. The van der Waals surface area contributed by atoms with Gasteiger partial charge < -0.3 is 19.2 Å². The van der Waals surface area contributed by atoms with Crippen molar-refractivity contribution >= 4 is 28.6 Å². The smallest absolute Gasteiger partial charge is 0.400 e. The van der Waals surface area contributed by atoms with Crippen molar-refractivity contribution in [1.29, 1.82) is 0 Å². The highest BCUT2D eigenvalue weighted by atomic mass is 35.5. The molecular weight excluding hydrogens is 423 g/mol. The number of hydrogen-bond donors (Lipinski definition) is 1. The molecule has 1 heterocycles. The molecule has 31 heavy (non-hydrogen) atoms. The summed E-state index contributed by atoms with van der Waals surface area (Å²) < 4.78 is 31.5. The summed E-state index contributed by atoms with van der Waals surface area (Å²) in [7, 11) is 1.47. The summed E-state index contributed by atoms with van der Waals surface area (Å²) in [5, 5.41) is 3.06. The average molecular weight is 441 g/mol. The third-order valence-electron chi connectivity index (χ3n) is 4.73. The van der Waals surface area contributed by atoms with Gasteiger partial charge in [-0.3, -0.25) is 4.79 Å². The highest BCUT2D eigenvalue weighted by Gasteiger charge is 2.39. The SMILES string of the molecule is CNC(=O)[C@](C)(Oc1ccc(Oc2nc3ccc(Cl)cc3o2)cc1)c1ccccc1F. The fraction of sp³-hybridized carbons (Fsp3) is 0.130. The molecule has 8 heteroatoms. The molecule has 0 saturated carbocycles. The number of nitrogens with zero attached hydrogens (tertiary/aromatic N) is 1. The lowest BCUT2D eigenvalue weighted by Crippen LogP contribution is -2.45. The van der Waals surface area contributed by atoms with Crippen molar-refractivity contribution in [1.82, 2.24) is 10.3 Å². The molecule has 0 saturated heterocycles. The van der Waals surface area contributed by atoms with E-state index < -0.39 is 17.3 Å². The molecule has 0 fully saturated rings. The van der Waals surface area contributed by atoms with Crippen LogP contribution in [0.5, 0.6) is 17.6 Å². The fourth-order valence-corrected chi connectivity index (χ4v) is 3.31. The van der Waals surface area contributed by atoms with Gasteiger partial charge in [0.1, 0.15) is 22.8 Å². The number of rotatable bonds is 6. The maximum absolute atomic E-state index is 14.4. The third-order valence-corrected chi connectivity index (χ3v) is 4.97. The van der Waals surface area contributed by atoms with Crippen molar-refractivity contribution in [2.45, 2.75) is 12.5 Å². The lowest BCUT2D eigenvalue weighted by Gasteiger charge is -2.29. The molecule has 0 aliphatic rings. The standard InChI is InChI=1S/C23H18ClFN2O4/c1-23(21(28)26-2,17-5-3-4-6-18(17)25)31-16-10-8-15(9-11-16)29-22-27-19-12-7-14(24)13-20(19)30-22/h3-13H,1-2H3,(H,26,28)/t23-/m1/s1. The van der Waals surface area contributed by atoms with Crippen LogP contribution in [0.1, 0.15) is 12.5 Å². The second kappa shape index (κ2) is 8.28.